The highest BCUT2D eigenvalue weighted by Crippen LogP contribution is 2.47. The minimum Gasteiger partial charge on any atom is -0.237 e. The van der Waals surface area contributed by atoms with Gasteiger partial charge in [-0.15, -0.1) is 0 Å². The Morgan fingerprint density at radius 3 is 2.22 bits per heavy atom. The minimum atomic E-state index is -2.25. The molecular weight excluding hydrogens is 347 g/mol. The number of nitrogens with zero attached hydrogens (tertiary/aromatic N) is 1. The van der Waals surface area contributed by atoms with E-state index in [1.807, 2.05) is 6.08 Å². The molecule has 1 nitrogen and oxygen atoms in total. The summed E-state index contributed by atoms with van der Waals surface area (Å²) in [4.78, 5) is 0. The highest BCUT2D eigenvalue weighted by atomic mass is 19.3. The lowest BCUT2D eigenvalue weighted by molar-refractivity contribution is 0.0518. The van der Waals surface area contributed by atoms with Crippen LogP contribution in [-0.2, 0) is 0 Å². The summed E-state index contributed by atoms with van der Waals surface area (Å²) in [6.45, 7) is 0. The zero-order chi connectivity index (χ0) is 19.3. The number of hydrogen-bond donors (Lipinski definition) is 0. The fourth-order valence-electron chi connectivity index (χ4n) is 5.38. The lowest BCUT2D eigenvalue weighted by Gasteiger charge is -2.42. The fraction of sp³-hybridized carbons (Fsp3) is 0.696. The highest BCUT2D eigenvalue weighted by Gasteiger charge is 2.46. The zero-order valence-corrected chi connectivity index (χ0v) is 15.9. The van der Waals surface area contributed by atoms with Crippen molar-refractivity contribution in [1.29, 1.82) is 5.26 Å². The summed E-state index contributed by atoms with van der Waals surface area (Å²) in [6, 6.07) is 2.13. The van der Waals surface area contributed by atoms with Gasteiger partial charge >= 0.3 is 0 Å². The van der Waals surface area contributed by atoms with Gasteiger partial charge < -0.3 is 0 Å². The molecule has 0 aliphatic heterocycles. The van der Waals surface area contributed by atoms with E-state index < -0.39 is 18.0 Å². The maximum Gasteiger partial charge on any atom is 0.242 e. The highest BCUT2D eigenvalue weighted by molar-refractivity contribution is 5.28. The van der Waals surface area contributed by atoms with Crippen LogP contribution in [0.15, 0.2) is 36.5 Å². The SMILES string of the molecule is N#CC1C=CC=CC1(F)C1CCC([C@H]2CC[C@H](/C=C/CC(F)F)CC2)CC1. The largest absolute Gasteiger partial charge is 0.242 e. The predicted molar refractivity (Wildman–Crippen MR) is 102 cm³/mol. The Labute approximate surface area is 161 Å². The van der Waals surface area contributed by atoms with E-state index in [4.69, 9.17) is 0 Å². The van der Waals surface area contributed by atoms with Crippen LogP contribution >= 0.6 is 0 Å². The van der Waals surface area contributed by atoms with Crippen molar-refractivity contribution in [2.45, 2.75) is 69.9 Å². The standard InChI is InChI=1S/C23H30F3N/c24-22(25)6-3-4-17-7-9-18(10-8-17)19-11-13-20(14-12-19)23(26)15-2-1-5-21(23)16-27/h1-5,15,17-22H,6-14H2/b4-3+/t17-,18-,19?,20?,21?,23?. The Bertz CT molecular complexity index is 602. The van der Waals surface area contributed by atoms with Crippen molar-refractivity contribution in [2.75, 3.05) is 0 Å². The first-order valence-electron chi connectivity index (χ1n) is 10.4. The molecular formula is C23H30F3N. The molecule has 0 aromatic carbocycles. The Kier molecular flexibility index (Phi) is 6.84. The van der Waals surface area contributed by atoms with Gasteiger partial charge in [0.2, 0.25) is 6.43 Å². The van der Waals surface area contributed by atoms with Crippen molar-refractivity contribution >= 4 is 0 Å². The zero-order valence-electron chi connectivity index (χ0n) is 15.9. The molecule has 0 aromatic heterocycles. The second-order valence-corrected chi connectivity index (χ2v) is 8.52. The Morgan fingerprint density at radius 2 is 1.63 bits per heavy atom. The maximum atomic E-state index is 15.5. The van der Waals surface area contributed by atoms with Crippen LogP contribution in [0.3, 0.4) is 0 Å². The van der Waals surface area contributed by atoms with Crippen LogP contribution in [0.25, 0.3) is 0 Å². The second kappa shape index (κ2) is 9.13. The van der Waals surface area contributed by atoms with Crippen LogP contribution in [-0.4, -0.2) is 12.1 Å². The Balaban J connectivity index is 1.46. The summed E-state index contributed by atoms with van der Waals surface area (Å²) in [5.41, 5.74) is -1.51. The van der Waals surface area contributed by atoms with Gasteiger partial charge in [-0.25, -0.2) is 13.2 Å². The molecule has 148 valence electrons. The monoisotopic (exact) mass is 377 g/mol. The average molecular weight is 377 g/mol. The van der Waals surface area contributed by atoms with Crippen LogP contribution in [0.2, 0.25) is 0 Å². The molecule has 0 saturated heterocycles. The number of rotatable bonds is 5. The van der Waals surface area contributed by atoms with Gasteiger partial charge in [-0.05, 0) is 81.1 Å². The molecule has 0 heterocycles. The number of halogens is 3. The third-order valence-corrected chi connectivity index (χ3v) is 6.99. The molecule has 3 rings (SSSR count). The van der Waals surface area contributed by atoms with Gasteiger partial charge in [-0.1, -0.05) is 30.4 Å². The van der Waals surface area contributed by atoms with Gasteiger partial charge in [0.05, 0.1) is 6.07 Å². The van der Waals surface area contributed by atoms with Crippen molar-refractivity contribution in [3.05, 3.63) is 36.5 Å². The van der Waals surface area contributed by atoms with E-state index in [0.717, 1.165) is 51.4 Å². The van der Waals surface area contributed by atoms with E-state index in [1.165, 1.54) is 0 Å². The van der Waals surface area contributed by atoms with Crippen molar-refractivity contribution in [3.63, 3.8) is 0 Å². The van der Waals surface area contributed by atoms with E-state index in [1.54, 1.807) is 30.4 Å². The van der Waals surface area contributed by atoms with Crippen molar-refractivity contribution in [2.24, 2.45) is 29.6 Å². The van der Waals surface area contributed by atoms with E-state index in [2.05, 4.69) is 6.07 Å². The summed E-state index contributed by atoms with van der Waals surface area (Å²) in [7, 11) is 0. The molecule has 2 saturated carbocycles. The van der Waals surface area contributed by atoms with E-state index >= 15 is 4.39 Å². The van der Waals surface area contributed by atoms with Crippen molar-refractivity contribution < 1.29 is 13.2 Å². The van der Waals surface area contributed by atoms with E-state index in [0.29, 0.717) is 17.8 Å². The van der Waals surface area contributed by atoms with Crippen LogP contribution in [0, 0.1) is 40.9 Å². The molecule has 2 fully saturated rings. The van der Waals surface area contributed by atoms with E-state index in [-0.39, 0.29) is 12.3 Å². The molecule has 0 radical (unpaired) electrons. The summed E-state index contributed by atoms with van der Waals surface area (Å²) < 4.78 is 40.0. The summed E-state index contributed by atoms with van der Waals surface area (Å²) >= 11 is 0. The van der Waals surface area contributed by atoms with Crippen LogP contribution < -0.4 is 0 Å². The molecule has 27 heavy (non-hydrogen) atoms. The molecule has 0 amide bonds. The minimum absolute atomic E-state index is 0.0618. The van der Waals surface area contributed by atoms with Gasteiger partial charge in [0.1, 0.15) is 5.92 Å². The van der Waals surface area contributed by atoms with Crippen molar-refractivity contribution in [1.82, 2.24) is 0 Å². The van der Waals surface area contributed by atoms with Crippen LogP contribution in [0.5, 0.6) is 0 Å². The molecule has 4 heteroatoms. The smallest absolute Gasteiger partial charge is 0.237 e. The summed E-state index contributed by atoms with van der Waals surface area (Å²) in [6.07, 6.45) is 16.3. The number of nitriles is 1. The summed E-state index contributed by atoms with van der Waals surface area (Å²) in [5, 5.41) is 9.31. The number of allylic oxidation sites excluding steroid dienone is 6. The predicted octanol–water partition coefficient (Wildman–Crippen LogP) is 6.78. The quantitative estimate of drug-likeness (QED) is 0.484. The topological polar surface area (TPSA) is 23.8 Å². The lowest BCUT2D eigenvalue weighted by atomic mass is 9.64. The fourth-order valence-corrected chi connectivity index (χ4v) is 5.38. The molecule has 2 unspecified atom stereocenters. The average Bonchev–Trinajstić information content (AvgIpc) is 2.69. The number of alkyl halides is 3. The van der Waals surface area contributed by atoms with Crippen LogP contribution in [0.4, 0.5) is 13.2 Å². The first-order chi connectivity index (χ1) is 13.0. The van der Waals surface area contributed by atoms with Gasteiger partial charge in [-0.3, -0.25) is 0 Å². The maximum absolute atomic E-state index is 15.5. The molecule has 3 aliphatic carbocycles. The number of hydrogen-bond acceptors (Lipinski definition) is 1. The third kappa shape index (κ3) is 4.86. The molecule has 0 bridgehead atoms. The van der Waals surface area contributed by atoms with Gasteiger partial charge in [-0.2, -0.15) is 5.26 Å². The molecule has 2 atom stereocenters. The first kappa shape index (κ1) is 20.2. The second-order valence-electron chi connectivity index (χ2n) is 8.52. The van der Waals surface area contributed by atoms with Gasteiger partial charge in [0, 0.05) is 6.42 Å². The lowest BCUT2D eigenvalue weighted by Crippen LogP contribution is -2.41. The van der Waals surface area contributed by atoms with Crippen molar-refractivity contribution in [3.8, 4) is 6.07 Å². The Hall–Kier alpha value is -1.50. The summed E-state index contributed by atoms with van der Waals surface area (Å²) in [5.74, 6) is 1.06. The van der Waals surface area contributed by atoms with Gasteiger partial charge in [0.25, 0.3) is 0 Å². The first-order valence-corrected chi connectivity index (χ1v) is 10.4. The normalized spacial score (nSPS) is 39.7. The van der Waals surface area contributed by atoms with E-state index in [9.17, 15) is 14.0 Å². The Morgan fingerprint density at radius 1 is 1.00 bits per heavy atom. The molecule has 0 spiro atoms. The molecule has 3 aliphatic rings. The molecule has 0 N–H and O–H groups in total. The third-order valence-electron chi connectivity index (χ3n) is 6.99. The molecule has 0 aromatic rings. The van der Waals surface area contributed by atoms with Crippen LogP contribution in [0.1, 0.15) is 57.8 Å². The van der Waals surface area contributed by atoms with Gasteiger partial charge in [0.15, 0.2) is 5.67 Å².